The van der Waals surface area contributed by atoms with Crippen molar-refractivity contribution in [1.29, 1.82) is 0 Å². The van der Waals surface area contributed by atoms with E-state index >= 15 is 0 Å². The van der Waals surface area contributed by atoms with Crippen LogP contribution in [0.4, 0.5) is 0 Å². The van der Waals surface area contributed by atoms with Crippen molar-refractivity contribution >= 4 is 12.0 Å². The van der Waals surface area contributed by atoms with Gasteiger partial charge in [0.1, 0.15) is 0 Å². The van der Waals surface area contributed by atoms with Crippen LogP contribution in [0.25, 0.3) is 6.08 Å². The van der Waals surface area contributed by atoms with E-state index in [0.29, 0.717) is 6.54 Å². The quantitative estimate of drug-likeness (QED) is 0.681. The van der Waals surface area contributed by atoms with Gasteiger partial charge in [-0.15, -0.1) is 0 Å². The van der Waals surface area contributed by atoms with Gasteiger partial charge in [0.2, 0.25) is 12.7 Å². The standard InChI is InChI=1S/C19H17NO3/c21-19(20-13-16-7-2-1-3-8-16)9-5-4-6-15-10-11-17-18(12-15)23-14-22-17/h1-12H,13-14H2,(H,20,21)/b6-4-,9-5+. The second kappa shape index (κ2) is 7.31. The fourth-order valence-electron chi connectivity index (χ4n) is 2.17. The highest BCUT2D eigenvalue weighted by Crippen LogP contribution is 2.32. The summed E-state index contributed by atoms with van der Waals surface area (Å²) in [4.78, 5) is 11.7. The lowest BCUT2D eigenvalue weighted by molar-refractivity contribution is -0.116. The molecule has 2 aromatic carbocycles. The summed E-state index contributed by atoms with van der Waals surface area (Å²) in [5.41, 5.74) is 2.06. The minimum atomic E-state index is -0.121. The van der Waals surface area contributed by atoms with Gasteiger partial charge in [0.25, 0.3) is 0 Å². The number of nitrogens with one attached hydrogen (secondary N) is 1. The van der Waals surface area contributed by atoms with E-state index in [1.165, 1.54) is 6.08 Å². The van der Waals surface area contributed by atoms with Crippen molar-refractivity contribution in [1.82, 2.24) is 5.32 Å². The lowest BCUT2D eigenvalue weighted by Gasteiger charge is -2.01. The number of fused-ring (bicyclic) bond motifs is 1. The number of ether oxygens (including phenoxy) is 2. The van der Waals surface area contributed by atoms with Crippen LogP contribution in [-0.2, 0) is 11.3 Å². The molecule has 0 saturated heterocycles. The number of amides is 1. The number of allylic oxidation sites excluding steroid dienone is 2. The Morgan fingerprint density at radius 2 is 1.87 bits per heavy atom. The smallest absolute Gasteiger partial charge is 0.244 e. The number of hydrogen-bond acceptors (Lipinski definition) is 3. The summed E-state index contributed by atoms with van der Waals surface area (Å²) in [5, 5.41) is 2.84. The molecule has 0 aliphatic carbocycles. The zero-order chi connectivity index (χ0) is 15.9. The van der Waals surface area contributed by atoms with Gasteiger partial charge >= 0.3 is 0 Å². The van der Waals surface area contributed by atoms with Crippen molar-refractivity contribution in [3.63, 3.8) is 0 Å². The van der Waals surface area contributed by atoms with Gasteiger partial charge in [0, 0.05) is 12.6 Å². The van der Waals surface area contributed by atoms with E-state index in [9.17, 15) is 4.79 Å². The number of hydrogen-bond donors (Lipinski definition) is 1. The summed E-state index contributed by atoms with van der Waals surface area (Å²) in [5.74, 6) is 1.39. The van der Waals surface area contributed by atoms with E-state index in [1.54, 1.807) is 6.08 Å². The van der Waals surface area contributed by atoms with Gasteiger partial charge in [0.15, 0.2) is 11.5 Å². The molecule has 0 fully saturated rings. The molecule has 0 aromatic heterocycles. The lowest BCUT2D eigenvalue weighted by atomic mass is 10.2. The van der Waals surface area contributed by atoms with E-state index in [-0.39, 0.29) is 12.7 Å². The van der Waals surface area contributed by atoms with Gasteiger partial charge in [0.05, 0.1) is 0 Å². The fourth-order valence-corrected chi connectivity index (χ4v) is 2.17. The zero-order valence-electron chi connectivity index (χ0n) is 12.6. The Bertz CT molecular complexity index is 736. The van der Waals surface area contributed by atoms with Crippen molar-refractivity contribution < 1.29 is 14.3 Å². The maximum absolute atomic E-state index is 11.7. The highest BCUT2D eigenvalue weighted by molar-refractivity contribution is 5.87. The predicted molar refractivity (Wildman–Crippen MR) is 89.0 cm³/mol. The second-order valence-corrected chi connectivity index (χ2v) is 5.03. The highest BCUT2D eigenvalue weighted by Gasteiger charge is 2.11. The molecule has 4 nitrogen and oxygen atoms in total. The van der Waals surface area contributed by atoms with Crippen LogP contribution in [0, 0.1) is 0 Å². The summed E-state index contributed by atoms with van der Waals surface area (Å²) in [6, 6.07) is 15.5. The number of carbonyl (C=O) groups excluding carboxylic acids is 1. The number of carbonyl (C=O) groups is 1. The van der Waals surface area contributed by atoms with Gasteiger partial charge < -0.3 is 14.8 Å². The molecule has 2 aromatic rings. The average Bonchev–Trinajstić information content (AvgIpc) is 3.05. The number of rotatable bonds is 5. The topological polar surface area (TPSA) is 47.6 Å². The van der Waals surface area contributed by atoms with Gasteiger partial charge in [-0.2, -0.15) is 0 Å². The molecule has 1 aliphatic heterocycles. The first-order valence-electron chi connectivity index (χ1n) is 7.37. The van der Waals surface area contributed by atoms with Crippen molar-refractivity contribution in [2.24, 2.45) is 0 Å². The molecule has 1 N–H and O–H groups in total. The van der Waals surface area contributed by atoms with Crippen LogP contribution in [0.3, 0.4) is 0 Å². The molecule has 0 spiro atoms. The molecule has 0 saturated carbocycles. The first-order chi connectivity index (χ1) is 11.3. The summed E-state index contributed by atoms with van der Waals surface area (Å²) < 4.78 is 10.6. The molecular formula is C19H17NO3. The third kappa shape index (κ3) is 4.23. The summed E-state index contributed by atoms with van der Waals surface area (Å²) >= 11 is 0. The monoisotopic (exact) mass is 307 g/mol. The van der Waals surface area contributed by atoms with Gasteiger partial charge in [-0.25, -0.2) is 0 Å². The van der Waals surface area contributed by atoms with Gasteiger partial charge in [-0.05, 0) is 23.3 Å². The van der Waals surface area contributed by atoms with Crippen molar-refractivity contribution in [2.45, 2.75) is 6.54 Å². The van der Waals surface area contributed by atoms with Crippen LogP contribution in [0.5, 0.6) is 11.5 Å². The van der Waals surface area contributed by atoms with Crippen molar-refractivity contribution in [3.05, 3.63) is 77.9 Å². The van der Waals surface area contributed by atoms with Crippen LogP contribution < -0.4 is 14.8 Å². The molecule has 1 aliphatic rings. The van der Waals surface area contributed by atoms with Crippen LogP contribution in [-0.4, -0.2) is 12.7 Å². The Kier molecular flexibility index (Phi) is 4.74. The molecule has 0 bridgehead atoms. The molecular weight excluding hydrogens is 290 g/mol. The molecule has 1 heterocycles. The maximum Gasteiger partial charge on any atom is 0.244 e. The molecule has 3 rings (SSSR count). The Balaban J connectivity index is 1.49. The molecule has 0 unspecified atom stereocenters. The van der Waals surface area contributed by atoms with Crippen LogP contribution in [0.15, 0.2) is 66.8 Å². The maximum atomic E-state index is 11.7. The third-order valence-electron chi connectivity index (χ3n) is 3.35. The third-order valence-corrected chi connectivity index (χ3v) is 3.35. The normalized spacial score (nSPS) is 12.9. The summed E-state index contributed by atoms with van der Waals surface area (Å²) in [6.07, 6.45) is 6.94. The number of benzene rings is 2. The Morgan fingerprint density at radius 1 is 1.04 bits per heavy atom. The zero-order valence-corrected chi connectivity index (χ0v) is 12.6. The first kappa shape index (κ1) is 14.9. The first-order valence-corrected chi connectivity index (χ1v) is 7.37. The van der Waals surface area contributed by atoms with Gasteiger partial charge in [-0.3, -0.25) is 4.79 Å². The molecule has 0 radical (unpaired) electrons. The van der Waals surface area contributed by atoms with Crippen molar-refractivity contribution in [2.75, 3.05) is 6.79 Å². The van der Waals surface area contributed by atoms with Gasteiger partial charge in [-0.1, -0.05) is 54.6 Å². The van der Waals surface area contributed by atoms with E-state index in [2.05, 4.69) is 5.32 Å². The minimum absolute atomic E-state index is 0.121. The Morgan fingerprint density at radius 3 is 2.74 bits per heavy atom. The largest absolute Gasteiger partial charge is 0.454 e. The molecule has 116 valence electrons. The van der Waals surface area contributed by atoms with E-state index in [0.717, 1.165) is 22.6 Å². The molecule has 0 atom stereocenters. The summed E-state index contributed by atoms with van der Waals surface area (Å²) in [6.45, 7) is 0.792. The van der Waals surface area contributed by atoms with Crippen LogP contribution in [0.1, 0.15) is 11.1 Å². The van der Waals surface area contributed by atoms with E-state index in [4.69, 9.17) is 9.47 Å². The lowest BCUT2D eigenvalue weighted by Crippen LogP contribution is -2.20. The van der Waals surface area contributed by atoms with E-state index in [1.807, 2.05) is 60.7 Å². The highest BCUT2D eigenvalue weighted by atomic mass is 16.7. The summed E-state index contributed by atoms with van der Waals surface area (Å²) in [7, 11) is 0. The second-order valence-electron chi connectivity index (χ2n) is 5.03. The molecule has 4 heteroatoms. The predicted octanol–water partition coefficient (Wildman–Crippen LogP) is 3.30. The molecule has 1 amide bonds. The molecule has 23 heavy (non-hydrogen) atoms. The van der Waals surface area contributed by atoms with E-state index < -0.39 is 0 Å². The van der Waals surface area contributed by atoms with Crippen LogP contribution >= 0.6 is 0 Å². The SMILES string of the molecule is O=C(/C=C/C=C\c1ccc2c(c1)OCO2)NCc1ccccc1. The van der Waals surface area contributed by atoms with Crippen molar-refractivity contribution in [3.8, 4) is 11.5 Å². The minimum Gasteiger partial charge on any atom is -0.454 e. The Labute approximate surface area is 135 Å². The Hall–Kier alpha value is -3.01. The van der Waals surface area contributed by atoms with Crippen LogP contribution in [0.2, 0.25) is 0 Å². The fraction of sp³-hybridized carbons (Fsp3) is 0.105. The average molecular weight is 307 g/mol.